The van der Waals surface area contributed by atoms with Crippen molar-refractivity contribution >= 4 is 11.6 Å². The number of alkyl halides is 3. The Morgan fingerprint density at radius 3 is 2.36 bits per heavy atom. The van der Waals surface area contributed by atoms with Crippen LogP contribution in [0.25, 0.3) is 0 Å². The highest BCUT2D eigenvalue weighted by Gasteiger charge is 2.33. The zero-order valence-corrected chi connectivity index (χ0v) is 8.08. The molecule has 1 rings (SSSR count). The topological polar surface area (TPSA) is 20.2 Å². The van der Waals surface area contributed by atoms with E-state index in [0.717, 1.165) is 6.07 Å². The van der Waals surface area contributed by atoms with Crippen molar-refractivity contribution in [2.24, 2.45) is 0 Å². The van der Waals surface area contributed by atoms with Crippen molar-refractivity contribution in [3.8, 4) is 0 Å². The highest BCUT2D eigenvalue weighted by molar-refractivity contribution is 6.31. The smallest absolute Gasteiger partial charge is 0.392 e. The Hall–Kier alpha value is -0.740. The fourth-order valence-corrected chi connectivity index (χ4v) is 1.30. The number of hydrogen-bond donors (Lipinski definition) is 1. The number of halogens is 4. The van der Waals surface area contributed by atoms with Crippen LogP contribution in [-0.2, 0) is 12.8 Å². The van der Waals surface area contributed by atoms with Gasteiger partial charge in [0.2, 0.25) is 0 Å². The van der Waals surface area contributed by atoms with E-state index in [2.05, 4.69) is 0 Å². The fourth-order valence-electron chi connectivity index (χ4n) is 1.14. The summed E-state index contributed by atoms with van der Waals surface area (Å²) in [5, 5.41) is 8.80. The maximum atomic E-state index is 12.4. The standard InChI is InChI=1S/C9H8ClF3O/c1-5-2-6(4-14)7(3-8(5)10)9(11,12)13/h2-3,14H,4H2,1H3. The average Bonchev–Trinajstić information content (AvgIpc) is 2.07. The summed E-state index contributed by atoms with van der Waals surface area (Å²) in [6.07, 6.45) is -4.48. The van der Waals surface area contributed by atoms with Gasteiger partial charge in [-0.1, -0.05) is 17.7 Å². The van der Waals surface area contributed by atoms with Crippen LogP contribution in [0.15, 0.2) is 12.1 Å². The van der Waals surface area contributed by atoms with E-state index in [1.807, 2.05) is 0 Å². The van der Waals surface area contributed by atoms with Gasteiger partial charge in [-0.2, -0.15) is 13.2 Å². The number of aliphatic hydroxyl groups is 1. The molecular formula is C9H8ClF3O. The van der Waals surface area contributed by atoms with Crippen LogP contribution in [0.2, 0.25) is 5.02 Å². The number of aliphatic hydroxyl groups excluding tert-OH is 1. The zero-order chi connectivity index (χ0) is 10.9. The van der Waals surface area contributed by atoms with E-state index in [1.54, 1.807) is 6.92 Å². The molecule has 0 aliphatic carbocycles. The molecule has 5 heteroatoms. The minimum absolute atomic E-state index is 0.0505. The monoisotopic (exact) mass is 224 g/mol. The SMILES string of the molecule is Cc1cc(CO)c(C(F)(F)F)cc1Cl. The van der Waals surface area contributed by atoms with E-state index in [9.17, 15) is 13.2 Å². The first-order valence-corrected chi connectivity index (χ1v) is 4.21. The van der Waals surface area contributed by atoms with Gasteiger partial charge < -0.3 is 5.11 Å². The third-order valence-corrected chi connectivity index (χ3v) is 2.27. The minimum Gasteiger partial charge on any atom is -0.392 e. The molecular weight excluding hydrogens is 217 g/mol. The molecule has 1 nitrogen and oxygen atoms in total. The van der Waals surface area contributed by atoms with Crippen LogP contribution in [-0.4, -0.2) is 5.11 Å². The van der Waals surface area contributed by atoms with E-state index >= 15 is 0 Å². The predicted molar refractivity (Wildman–Crippen MR) is 47.1 cm³/mol. The molecule has 0 spiro atoms. The second kappa shape index (κ2) is 3.79. The van der Waals surface area contributed by atoms with Crippen LogP contribution in [0.5, 0.6) is 0 Å². The first-order valence-electron chi connectivity index (χ1n) is 3.83. The van der Waals surface area contributed by atoms with Crippen LogP contribution >= 0.6 is 11.6 Å². The zero-order valence-electron chi connectivity index (χ0n) is 7.32. The number of rotatable bonds is 1. The maximum absolute atomic E-state index is 12.4. The summed E-state index contributed by atoms with van der Waals surface area (Å²) < 4.78 is 37.1. The van der Waals surface area contributed by atoms with Crippen molar-refractivity contribution in [3.63, 3.8) is 0 Å². The van der Waals surface area contributed by atoms with Gasteiger partial charge in [0.15, 0.2) is 0 Å². The van der Waals surface area contributed by atoms with E-state index in [4.69, 9.17) is 16.7 Å². The number of aryl methyl sites for hydroxylation is 1. The lowest BCUT2D eigenvalue weighted by Gasteiger charge is -2.12. The summed E-state index contributed by atoms with van der Waals surface area (Å²) in [5.41, 5.74) is -0.515. The first-order chi connectivity index (χ1) is 6.36. The molecule has 78 valence electrons. The summed E-state index contributed by atoms with van der Waals surface area (Å²) in [5.74, 6) is 0. The number of hydrogen-bond acceptors (Lipinski definition) is 1. The van der Waals surface area contributed by atoms with Gasteiger partial charge in [-0.25, -0.2) is 0 Å². The van der Waals surface area contributed by atoms with Crippen LogP contribution in [0.3, 0.4) is 0 Å². The quantitative estimate of drug-likeness (QED) is 0.777. The molecule has 0 saturated carbocycles. The lowest BCUT2D eigenvalue weighted by atomic mass is 10.0. The molecule has 0 unspecified atom stereocenters. The van der Waals surface area contributed by atoms with Crippen LogP contribution in [0, 0.1) is 6.92 Å². The van der Waals surface area contributed by atoms with Gasteiger partial charge in [0.25, 0.3) is 0 Å². The largest absolute Gasteiger partial charge is 0.416 e. The van der Waals surface area contributed by atoms with Crippen LogP contribution in [0.1, 0.15) is 16.7 Å². The van der Waals surface area contributed by atoms with E-state index in [0.29, 0.717) is 5.56 Å². The highest BCUT2D eigenvalue weighted by Crippen LogP contribution is 2.34. The highest BCUT2D eigenvalue weighted by atomic mass is 35.5. The molecule has 1 aromatic carbocycles. The van der Waals surface area contributed by atoms with Gasteiger partial charge in [0, 0.05) is 5.02 Å². The lowest BCUT2D eigenvalue weighted by molar-refractivity contribution is -0.138. The molecule has 0 amide bonds. The van der Waals surface area contributed by atoms with Gasteiger partial charge in [-0.15, -0.1) is 0 Å². The Morgan fingerprint density at radius 1 is 1.36 bits per heavy atom. The van der Waals surface area contributed by atoms with Crippen molar-refractivity contribution in [2.75, 3.05) is 0 Å². The summed E-state index contributed by atoms with van der Waals surface area (Å²) in [6.45, 7) is 0.939. The molecule has 0 bridgehead atoms. The third kappa shape index (κ3) is 2.19. The Labute approximate surface area is 84.1 Å². The van der Waals surface area contributed by atoms with Crippen molar-refractivity contribution in [3.05, 3.63) is 33.8 Å². The van der Waals surface area contributed by atoms with Gasteiger partial charge in [0.05, 0.1) is 12.2 Å². The molecule has 0 heterocycles. The van der Waals surface area contributed by atoms with Crippen LogP contribution in [0.4, 0.5) is 13.2 Å². The third-order valence-electron chi connectivity index (χ3n) is 1.86. The predicted octanol–water partition coefficient (Wildman–Crippen LogP) is 3.16. The van der Waals surface area contributed by atoms with E-state index in [1.165, 1.54) is 6.07 Å². The van der Waals surface area contributed by atoms with E-state index in [-0.39, 0.29) is 10.6 Å². The van der Waals surface area contributed by atoms with E-state index < -0.39 is 18.3 Å². The van der Waals surface area contributed by atoms with Gasteiger partial charge in [-0.3, -0.25) is 0 Å². The van der Waals surface area contributed by atoms with Gasteiger partial charge in [0.1, 0.15) is 0 Å². The lowest BCUT2D eigenvalue weighted by Crippen LogP contribution is -2.09. The Balaban J connectivity index is 3.35. The summed E-state index contributed by atoms with van der Waals surface area (Å²) in [7, 11) is 0. The maximum Gasteiger partial charge on any atom is 0.416 e. The Bertz CT molecular complexity index is 347. The molecule has 1 N–H and O–H groups in total. The molecule has 0 saturated heterocycles. The van der Waals surface area contributed by atoms with Crippen molar-refractivity contribution in [1.82, 2.24) is 0 Å². The Kier molecular flexibility index (Phi) is 3.07. The second-order valence-corrected chi connectivity index (χ2v) is 3.32. The molecule has 0 aliphatic heterocycles. The van der Waals surface area contributed by atoms with Gasteiger partial charge >= 0.3 is 6.18 Å². The van der Waals surface area contributed by atoms with Gasteiger partial charge in [-0.05, 0) is 24.1 Å². The van der Waals surface area contributed by atoms with Crippen molar-refractivity contribution in [2.45, 2.75) is 19.7 Å². The summed E-state index contributed by atoms with van der Waals surface area (Å²) >= 11 is 5.57. The molecule has 0 radical (unpaired) electrons. The first kappa shape index (κ1) is 11.3. The van der Waals surface area contributed by atoms with Crippen molar-refractivity contribution < 1.29 is 18.3 Å². The molecule has 0 aliphatic rings. The molecule has 1 aromatic rings. The summed E-state index contributed by atoms with van der Waals surface area (Å²) in [4.78, 5) is 0. The average molecular weight is 225 g/mol. The molecule has 0 aromatic heterocycles. The van der Waals surface area contributed by atoms with Crippen molar-refractivity contribution in [1.29, 1.82) is 0 Å². The normalized spacial score (nSPS) is 11.9. The summed E-state index contributed by atoms with van der Waals surface area (Å²) in [6, 6.07) is 2.08. The minimum atomic E-state index is -4.48. The number of benzene rings is 1. The second-order valence-electron chi connectivity index (χ2n) is 2.91. The molecule has 0 atom stereocenters. The fraction of sp³-hybridized carbons (Fsp3) is 0.333. The molecule has 0 fully saturated rings. The molecule has 14 heavy (non-hydrogen) atoms. The van der Waals surface area contributed by atoms with Crippen LogP contribution < -0.4 is 0 Å². The Morgan fingerprint density at radius 2 is 1.93 bits per heavy atom.